The Balaban J connectivity index is 1.85. The van der Waals surface area contributed by atoms with Crippen molar-refractivity contribution in [1.29, 1.82) is 0 Å². The van der Waals surface area contributed by atoms with E-state index in [1.807, 2.05) is 0 Å². The summed E-state index contributed by atoms with van der Waals surface area (Å²) >= 11 is 0. The second-order valence-electron chi connectivity index (χ2n) is 6.22. The van der Waals surface area contributed by atoms with Gasteiger partial charge in [0.25, 0.3) is 0 Å². The molecule has 2 bridgehead atoms. The van der Waals surface area contributed by atoms with Crippen LogP contribution in [0.1, 0.15) is 44.9 Å². The smallest absolute Gasteiger partial charge is 0.220 e. The fraction of sp³-hybridized carbons (Fsp3) is 0.923. The molecule has 1 amide bonds. The summed E-state index contributed by atoms with van der Waals surface area (Å²) in [5.74, 6) is 1.51. The van der Waals surface area contributed by atoms with Crippen molar-refractivity contribution in [1.82, 2.24) is 0 Å². The highest BCUT2D eigenvalue weighted by atomic mass is 16.1. The van der Waals surface area contributed by atoms with Crippen molar-refractivity contribution < 1.29 is 4.79 Å². The Hall–Kier alpha value is -0.570. The van der Waals surface area contributed by atoms with Crippen LogP contribution in [0.25, 0.3) is 0 Å². The number of hydrogen-bond acceptors (Lipinski definition) is 2. The van der Waals surface area contributed by atoms with Crippen LogP contribution < -0.4 is 11.5 Å². The van der Waals surface area contributed by atoms with E-state index in [2.05, 4.69) is 0 Å². The van der Waals surface area contributed by atoms with Gasteiger partial charge in [-0.05, 0) is 55.8 Å². The first-order valence-electron chi connectivity index (χ1n) is 6.68. The van der Waals surface area contributed by atoms with E-state index in [-0.39, 0.29) is 17.2 Å². The molecule has 4 N–H and O–H groups in total. The molecule has 0 saturated heterocycles. The van der Waals surface area contributed by atoms with Crippen LogP contribution in [0.5, 0.6) is 0 Å². The summed E-state index contributed by atoms with van der Waals surface area (Å²) in [6.07, 6.45) is 8.31. The van der Waals surface area contributed by atoms with E-state index in [4.69, 9.17) is 11.5 Å². The van der Waals surface area contributed by atoms with E-state index in [1.54, 1.807) is 0 Å². The number of carbonyl (C=O) groups excluding carboxylic acids is 1. The van der Waals surface area contributed by atoms with Crippen molar-refractivity contribution in [2.24, 2.45) is 34.6 Å². The Bertz CT molecular complexity index is 313. The van der Waals surface area contributed by atoms with Gasteiger partial charge in [-0.25, -0.2) is 0 Å². The Morgan fingerprint density at radius 2 is 2.06 bits per heavy atom. The third-order valence-corrected chi connectivity index (χ3v) is 5.68. The summed E-state index contributed by atoms with van der Waals surface area (Å²) in [7, 11) is 0. The van der Waals surface area contributed by atoms with Gasteiger partial charge in [0, 0.05) is 12.0 Å². The lowest BCUT2D eigenvalue weighted by Crippen LogP contribution is -2.50. The lowest BCUT2D eigenvalue weighted by Gasteiger charge is -2.47. The maximum absolute atomic E-state index is 11.4. The standard InChI is InChI=1S/C13H22N2O/c14-11-8-3-4-10(6-8)13(11)5-1-2-9(7-13)12(15)16/h8-11H,1-7,14H2,(H2,15,16)/t8-,9?,10+,11+,13-/m0/s1. The molecule has 0 aliphatic heterocycles. The van der Waals surface area contributed by atoms with E-state index in [0.29, 0.717) is 6.04 Å². The summed E-state index contributed by atoms with van der Waals surface area (Å²) in [4.78, 5) is 11.4. The van der Waals surface area contributed by atoms with Crippen molar-refractivity contribution in [2.45, 2.75) is 51.0 Å². The topological polar surface area (TPSA) is 69.1 Å². The number of nitrogens with two attached hydrogens (primary N) is 2. The molecule has 0 heterocycles. The second kappa shape index (κ2) is 3.46. The third kappa shape index (κ3) is 1.27. The number of amides is 1. The summed E-state index contributed by atoms with van der Waals surface area (Å²) in [5.41, 5.74) is 12.2. The maximum Gasteiger partial charge on any atom is 0.220 e. The first-order chi connectivity index (χ1) is 7.63. The number of carbonyl (C=O) groups is 1. The Morgan fingerprint density at radius 1 is 1.25 bits per heavy atom. The molecule has 0 radical (unpaired) electrons. The van der Waals surface area contributed by atoms with Gasteiger partial charge in [-0.1, -0.05) is 6.42 Å². The molecule has 1 spiro atoms. The molecule has 5 atom stereocenters. The molecular weight excluding hydrogens is 200 g/mol. The van der Waals surface area contributed by atoms with Gasteiger partial charge in [0.15, 0.2) is 0 Å². The van der Waals surface area contributed by atoms with E-state index in [9.17, 15) is 4.79 Å². The van der Waals surface area contributed by atoms with Crippen LogP contribution in [0.15, 0.2) is 0 Å². The summed E-state index contributed by atoms with van der Waals surface area (Å²) in [6, 6.07) is 0.341. The maximum atomic E-state index is 11.4. The minimum atomic E-state index is -0.103. The Morgan fingerprint density at radius 3 is 2.69 bits per heavy atom. The van der Waals surface area contributed by atoms with Gasteiger partial charge in [0.1, 0.15) is 0 Å². The van der Waals surface area contributed by atoms with Crippen LogP contribution in [-0.4, -0.2) is 11.9 Å². The number of hydrogen-bond donors (Lipinski definition) is 2. The summed E-state index contributed by atoms with van der Waals surface area (Å²) in [5, 5.41) is 0. The Labute approximate surface area is 96.9 Å². The van der Waals surface area contributed by atoms with Crippen LogP contribution in [0.4, 0.5) is 0 Å². The van der Waals surface area contributed by atoms with Crippen molar-refractivity contribution in [3.05, 3.63) is 0 Å². The molecular formula is C13H22N2O. The van der Waals surface area contributed by atoms with Gasteiger partial charge >= 0.3 is 0 Å². The quantitative estimate of drug-likeness (QED) is 0.704. The molecule has 0 aromatic rings. The number of rotatable bonds is 1. The lowest BCUT2D eigenvalue weighted by atomic mass is 9.59. The van der Waals surface area contributed by atoms with Gasteiger partial charge in [-0.3, -0.25) is 4.79 Å². The summed E-state index contributed by atoms with van der Waals surface area (Å²) < 4.78 is 0. The van der Waals surface area contributed by atoms with Crippen molar-refractivity contribution in [3.63, 3.8) is 0 Å². The fourth-order valence-corrected chi connectivity index (χ4v) is 4.86. The van der Waals surface area contributed by atoms with Crippen molar-refractivity contribution >= 4 is 5.91 Å². The molecule has 0 aromatic carbocycles. The van der Waals surface area contributed by atoms with Gasteiger partial charge < -0.3 is 11.5 Å². The number of fused-ring (bicyclic) bond motifs is 3. The molecule has 16 heavy (non-hydrogen) atoms. The number of primary amides is 1. The van der Waals surface area contributed by atoms with E-state index < -0.39 is 0 Å². The predicted molar refractivity (Wildman–Crippen MR) is 62.4 cm³/mol. The molecule has 0 aromatic heterocycles. The highest BCUT2D eigenvalue weighted by Crippen LogP contribution is 2.61. The van der Waals surface area contributed by atoms with Crippen LogP contribution in [0.3, 0.4) is 0 Å². The molecule has 3 heteroatoms. The van der Waals surface area contributed by atoms with Crippen molar-refractivity contribution in [3.8, 4) is 0 Å². The summed E-state index contributed by atoms with van der Waals surface area (Å²) in [6.45, 7) is 0. The molecule has 3 aliphatic carbocycles. The van der Waals surface area contributed by atoms with E-state index in [1.165, 1.54) is 25.7 Å². The SMILES string of the molecule is NC(=O)C1CCC[C@]2(C1)[C@@H]1CC[C@@H](C1)[C@H]2N. The van der Waals surface area contributed by atoms with E-state index >= 15 is 0 Å². The van der Waals surface area contributed by atoms with Gasteiger partial charge in [0.05, 0.1) is 0 Å². The molecule has 90 valence electrons. The monoisotopic (exact) mass is 222 g/mol. The first kappa shape index (κ1) is 10.6. The zero-order valence-corrected chi connectivity index (χ0v) is 9.82. The highest BCUT2D eigenvalue weighted by molar-refractivity contribution is 5.76. The minimum absolute atomic E-state index is 0.0964. The molecule has 3 saturated carbocycles. The largest absolute Gasteiger partial charge is 0.369 e. The van der Waals surface area contributed by atoms with Crippen LogP contribution >= 0.6 is 0 Å². The molecule has 1 unspecified atom stereocenters. The predicted octanol–water partition coefficient (Wildman–Crippen LogP) is 1.41. The van der Waals surface area contributed by atoms with E-state index in [0.717, 1.165) is 31.1 Å². The third-order valence-electron chi connectivity index (χ3n) is 5.68. The van der Waals surface area contributed by atoms with Gasteiger partial charge in [-0.2, -0.15) is 0 Å². The van der Waals surface area contributed by atoms with Crippen molar-refractivity contribution in [2.75, 3.05) is 0 Å². The average Bonchev–Trinajstić information content (AvgIpc) is 2.84. The zero-order valence-electron chi connectivity index (χ0n) is 9.82. The van der Waals surface area contributed by atoms with Crippen LogP contribution in [0, 0.1) is 23.2 Å². The highest BCUT2D eigenvalue weighted by Gasteiger charge is 2.57. The average molecular weight is 222 g/mol. The normalized spacial score (nSPS) is 51.1. The first-order valence-corrected chi connectivity index (χ1v) is 6.68. The second-order valence-corrected chi connectivity index (χ2v) is 6.22. The lowest BCUT2D eigenvalue weighted by molar-refractivity contribution is -0.125. The zero-order chi connectivity index (χ0) is 11.3. The van der Waals surface area contributed by atoms with Gasteiger partial charge in [0.2, 0.25) is 5.91 Å². The molecule has 3 fully saturated rings. The molecule has 3 nitrogen and oxygen atoms in total. The van der Waals surface area contributed by atoms with Crippen LogP contribution in [0.2, 0.25) is 0 Å². The molecule has 3 aliphatic rings. The minimum Gasteiger partial charge on any atom is -0.369 e. The molecule has 3 rings (SSSR count). The van der Waals surface area contributed by atoms with Gasteiger partial charge in [-0.15, -0.1) is 0 Å². The van der Waals surface area contributed by atoms with Crippen LogP contribution in [-0.2, 0) is 4.79 Å². The Kier molecular flexibility index (Phi) is 2.29. The fourth-order valence-electron chi connectivity index (χ4n) is 4.86.